The van der Waals surface area contributed by atoms with Crippen LogP contribution < -0.4 is 5.32 Å². The number of likely N-dealkylation sites (tertiary alicyclic amines) is 1. The Hall–Kier alpha value is -2.35. The van der Waals surface area contributed by atoms with Crippen molar-refractivity contribution in [1.82, 2.24) is 20.4 Å². The predicted octanol–water partition coefficient (Wildman–Crippen LogP) is 3.05. The first kappa shape index (κ1) is 20.4. The number of carbonyl (C=O) groups excluding carboxylic acids is 2. The highest BCUT2D eigenvalue weighted by molar-refractivity contribution is 7.98. The topological polar surface area (TPSA) is 88.3 Å². The zero-order valence-electron chi connectivity index (χ0n) is 16.3. The van der Waals surface area contributed by atoms with Gasteiger partial charge in [-0.1, -0.05) is 23.8 Å². The molecule has 1 fully saturated rings. The SMILES string of the molecule is CCCNC(=O)C1CCN(C(=O)c2cccnc2SCc2cc(C)on2)CC1. The highest BCUT2D eigenvalue weighted by Crippen LogP contribution is 2.26. The van der Waals surface area contributed by atoms with Crippen LogP contribution in [0.3, 0.4) is 0 Å². The number of nitrogens with zero attached hydrogens (tertiary/aromatic N) is 3. The van der Waals surface area contributed by atoms with Crippen molar-refractivity contribution >= 4 is 23.6 Å². The number of hydrogen-bond acceptors (Lipinski definition) is 6. The molecule has 0 spiro atoms. The molecule has 2 aromatic rings. The molecule has 1 saturated heterocycles. The molecule has 3 rings (SSSR count). The van der Waals surface area contributed by atoms with E-state index in [0.717, 1.165) is 17.9 Å². The van der Waals surface area contributed by atoms with Crippen molar-refractivity contribution in [3.8, 4) is 0 Å². The summed E-state index contributed by atoms with van der Waals surface area (Å²) in [6.45, 7) is 5.77. The van der Waals surface area contributed by atoms with Gasteiger partial charge in [0.1, 0.15) is 10.8 Å². The molecule has 1 aliphatic rings. The molecular weight excluding hydrogens is 376 g/mol. The van der Waals surface area contributed by atoms with E-state index in [9.17, 15) is 9.59 Å². The highest BCUT2D eigenvalue weighted by Gasteiger charge is 2.28. The summed E-state index contributed by atoms with van der Waals surface area (Å²) in [5, 5.41) is 7.63. The van der Waals surface area contributed by atoms with Crippen molar-refractivity contribution in [1.29, 1.82) is 0 Å². The quantitative estimate of drug-likeness (QED) is 0.716. The number of thioether (sulfide) groups is 1. The third kappa shape index (κ3) is 5.13. The van der Waals surface area contributed by atoms with Gasteiger partial charge < -0.3 is 14.7 Å². The van der Waals surface area contributed by atoms with E-state index in [1.807, 2.05) is 30.9 Å². The van der Waals surface area contributed by atoms with Crippen LogP contribution in [0.4, 0.5) is 0 Å². The Morgan fingerprint density at radius 2 is 2.14 bits per heavy atom. The van der Waals surface area contributed by atoms with Crippen molar-refractivity contribution < 1.29 is 14.1 Å². The van der Waals surface area contributed by atoms with E-state index in [1.165, 1.54) is 11.8 Å². The fraction of sp³-hybridized carbons (Fsp3) is 0.500. The molecular formula is C20H26N4O3S. The van der Waals surface area contributed by atoms with Crippen LogP contribution in [0.25, 0.3) is 0 Å². The minimum absolute atomic E-state index is 0.00579. The fourth-order valence-electron chi connectivity index (χ4n) is 3.20. The first-order valence-electron chi connectivity index (χ1n) is 9.65. The molecule has 1 aliphatic heterocycles. The van der Waals surface area contributed by atoms with Crippen molar-refractivity contribution in [2.24, 2.45) is 5.92 Å². The van der Waals surface area contributed by atoms with E-state index in [-0.39, 0.29) is 17.7 Å². The van der Waals surface area contributed by atoms with Crippen LogP contribution >= 0.6 is 11.8 Å². The summed E-state index contributed by atoms with van der Waals surface area (Å²) in [5.74, 6) is 1.43. The van der Waals surface area contributed by atoms with E-state index in [0.29, 0.717) is 48.8 Å². The average molecular weight is 403 g/mol. The van der Waals surface area contributed by atoms with Crippen molar-refractivity contribution in [2.45, 2.75) is 43.9 Å². The molecule has 150 valence electrons. The van der Waals surface area contributed by atoms with E-state index in [1.54, 1.807) is 12.3 Å². The summed E-state index contributed by atoms with van der Waals surface area (Å²) in [4.78, 5) is 31.4. The van der Waals surface area contributed by atoms with Gasteiger partial charge in [0.15, 0.2) is 0 Å². The molecule has 0 aliphatic carbocycles. The number of aromatic nitrogens is 2. The third-order valence-electron chi connectivity index (χ3n) is 4.74. The molecule has 0 unspecified atom stereocenters. The van der Waals surface area contributed by atoms with Gasteiger partial charge >= 0.3 is 0 Å². The molecule has 0 saturated carbocycles. The number of hydrogen-bond donors (Lipinski definition) is 1. The van der Waals surface area contributed by atoms with Gasteiger partial charge in [0.2, 0.25) is 5.91 Å². The lowest BCUT2D eigenvalue weighted by molar-refractivity contribution is -0.126. The molecule has 8 heteroatoms. The number of nitrogens with one attached hydrogen (secondary N) is 1. The number of amides is 2. The Bertz CT molecular complexity index is 815. The van der Waals surface area contributed by atoms with Crippen LogP contribution in [0, 0.1) is 12.8 Å². The fourth-order valence-corrected chi connectivity index (χ4v) is 4.07. The molecule has 0 aromatic carbocycles. The molecule has 28 heavy (non-hydrogen) atoms. The lowest BCUT2D eigenvalue weighted by Gasteiger charge is -2.31. The monoisotopic (exact) mass is 402 g/mol. The maximum Gasteiger partial charge on any atom is 0.256 e. The second-order valence-electron chi connectivity index (χ2n) is 6.93. The van der Waals surface area contributed by atoms with Crippen LogP contribution in [0.2, 0.25) is 0 Å². The lowest BCUT2D eigenvalue weighted by Crippen LogP contribution is -2.43. The van der Waals surface area contributed by atoms with Gasteiger partial charge in [-0.15, -0.1) is 0 Å². The smallest absolute Gasteiger partial charge is 0.256 e. The summed E-state index contributed by atoms with van der Waals surface area (Å²) in [6.07, 6.45) is 4.01. The first-order valence-corrected chi connectivity index (χ1v) is 10.6. The largest absolute Gasteiger partial charge is 0.361 e. The zero-order chi connectivity index (χ0) is 19.9. The second kappa shape index (κ2) is 9.73. The summed E-state index contributed by atoms with van der Waals surface area (Å²) >= 11 is 1.48. The van der Waals surface area contributed by atoms with Gasteiger partial charge in [0, 0.05) is 43.6 Å². The van der Waals surface area contributed by atoms with E-state index < -0.39 is 0 Å². The Balaban J connectivity index is 1.59. The molecule has 3 heterocycles. The predicted molar refractivity (Wildman–Crippen MR) is 107 cm³/mol. The molecule has 1 N–H and O–H groups in total. The van der Waals surface area contributed by atoms with Crippen LogP contribution in [-0.4, -0.2) is 46.5 Å². The van der Waals surface area contributed by atoms with Gasteiger partial charge in [0.05, 0.1) is 11.3 Å². The Morgan fingerprint density at radius 3 is 2.82 bits per heavy atom. The average Bonchev–Trinajstić information content (AvgIpc) is 3.15. The number of rotatable bonds is 7. The van der Waals surface area contributed by atoms with Gasteiger partial charge in [-0.3, -0.25) is 9.59 Å². The number of piperidine rings is 1. The minimum atomic E-state index is -0.0284. The summed E-state index contributed by atoms with van der Waals surface area (Å²) in [5.41, 5.74) is 1.42. The molecule has 0 radical (unpaired) electrons. The molecule has 7 nitrogen and oxygen atoms in total. The first-order chi connectivity index (χ1) is 13.6. The lowest BCUT2D eigenvalue weighted by atomic mass is 9.95. The van der Waals surface area contributed by atoms with E-state index in [2.05, 4.69) is 15.5 Å². The van der Waals surface area contributed by atoms with Gasteiger partial charge in [0.25, 0.3) is 5.91 Å². The number of aryl methyl sites for hydroxylation is 1. The molecule has 2 amide bonds. The van der Waals surface area contributed by atoms with E-state index >= 15 is 0 Å². The van der Waals surface area contributed by atoms with Gasteiger partial charge in [-0.05, 0) is 38.3 Å². The molecule has 0 bridgehead atoms. The van der Waals surface area contributed by atoms with Gasteiger partial charge in [-0.25, -0.2) is 4.98 Å². The minimum Gasteiger partial charge on any atom is -0.361 e. The maximum atomic E-state index is 13.0. The van der Waals surface area contributed by atoms with Crippen molar-refractivity contribution in [3.63, 3.8) is 0 Å². The Morgan fingerprint density at radius 1 is 1.36 bits per heavy atom. The van der Waals surface area contributed by atoms with Crippen LogP contribution in [0.15, 0.2) is 33.9 Å². The standard InChI is InChI=1S/C20H26N4O3S/c1-3-8-21-18(25)15-6-10-24(11-7-15)20(26)17-5-4-9-22-19(17)28-13-16-12-14(2)27-23-16/h4-5,9,12,15H,3,6-8,10-11,13H2,1-2H3,(H,21,25). The van der Waals surface area contributed by atoms with Crippen LogP contribution in [0.5, 0.6) is 0 Å². The normalized spacial score (nSPS) is 14.9. The Labute approximate surface area is 169 Å². The summed E-state index contributed by atoms with van der Waals surface area (Å²) < 4.78 is 5.09. The Kier molecular flexibility index (Phi) is 7.08. The van der Waals surface area contributed by atoms with Crippen LogP contribution in [0.1, 0.15) is 48.0 Å². The van der Waals surface area contributed by atoms with Crippen molar-refractivity contribution in [2.75, 3.05) is 19.6 Å². The zero-order valence-corrected chi connectivity index (χ0v) is 17.1. The van der Waals surface area contributed by atoms with E-state index in [4.69, 9.17) is 4.52 Å². The number of carbonyl (C=O) groups is 2. The molecule has 2 aromatic heterocycles. The maximum absolute atomic E-state index is 13.0. The molecule has 0 atom stereocenters. The van der Waals surface area contributed by atoms with Gasteiger partial charge in [-0.2, -0.15) is 0 Å². The number of pyridine rings is 1. The highest BCUT2D eigenvalue weighted by atomic mass is 32.2. The second-order valence-corrected chi connectivity index (χ2v) is 7.90. The third-order valence-corrected chi connectivity index (χ3v) is 5.78. The summed E-state index contributed by atoms with van der Waals surface area (Å²) in [6, 6.07) is 5.47. The van der Waals surface area contributed by atoms with Crippen LogP contribution in [-0.2, 0) is 10.5 Å². The summed E-state index contributed by atoms with van der Waals surface area (Å²) in [7, 11) is 0. The van der Waals surface area contributed by atoms with Crippen molar-refractivity contribution in [3.05, 3.63) is 41.4 Å².